The van der Waals surface area contributed by atoms with Crippen LogP contribution in [-0.2, 0) is 13.7 Å². The normalized spacial score (nSPS) is 11.3. The van der Waals surface area contributed by atoms with Gasteiger partial charge in [-0.15, -0.1) is 0 Å². The number of fused-ring (bicyclic) bond motifs is 2. The smallest absolute Gasteiger partial charge is 0.354 e. The van der Waals surface area contributed by atoms with Gasteiger partial charge < -0.3 is 14.7 Å². The number of halogens is 1. The molecule has 2 heterocycles. The Morgan fingerprint density at radius 1 is 1.15 bits per heavy atom. The number of aromatic nitrogens is 3. The second kappa shape index (κ2) is 5.94. The summed E-state index contributed by atoms with van der Waals surface area (Å²) in [6.45, 7) is -0.754. The number of nitrogens with zero attached hydrogens (tertiary/aromatic N) is 2. The summed E-state index contributed by atoms with van der Waals surface area (Å²) in [5, 5.41) is 10.3. The van der Waals surface area contributed by atoms with Crippen molar-refractivity contribution in [3.8, 4) is 5.69 Å². The number of aromatic carboxylic acids is 1. The van der Waals surface area contributed by atoms with E-state index in [1.54, 1.807) is 30.3 Å². The van der Waals surface area contributed by atoms with Crippen molar-refractivity contribution in [1.82, 2.24) is 14.1 Å². The van der Waals surface area contributed by atoms with E-state index >= 15 is 0 Å². The van der Waals surface area contributed by atoms with Gasteiger partial charge in [0.15, 0.2) is 5.69 Å². The molecule has 136 valence electrons. The second-order valence-electron chi connectivity index (χ2n) is 6.16. The molecule has 7 nitrogen and oxygen atoms in total. The SMILES string of the molecule is Cn1c(C(=O)O)c(-n2c(=O)[nH]c3ccccc3c2=O)c2cc(CF)ccc21. The van der Waals surface area contributed by atoms with Crippen LogP contribution in [0, 0.1) is 0 Å². The van der Waals surface area contributed by atoms with Crippen molar-refractivity contribution in [1.29, 1.82) is 0 Å². The lowest BCUT2D eigenvalue weighted by Gasteiger charge is -2.07. The number of benzene rings is 2. The van der Waals surface area contributed by atoms with Gasteiger partial charge in [-0.1, -0.05) is 18.2 Å². The molecular weight excluding hydrogens is 353 g/mol. The highest BCUT2D eigenvalue weighted by Gasteiger charge is 2.25. The molecule has 0 bridgehead atoms. The number of para-hydroxylation sites is 1. The molecule has 0 amide bonds. The highest BCUT2D eigenvalue weighted by atomic mass is 19.1. The molecule has 0 unspecified atom stereocenters. The molecule has 2 aromatic carbocycles. The minimum absolute atomic E-state index is 0.0766. The summed E-state index contributed by atoms with van der Waals surface area (Å²) in [4.78, 5) is 40.2. The van der Waals surface area contributed by atoms with E-state index in [1.807, 2.05) is 0 Å². The Bertz CT molecular complexity index is 1350. The highest BCUT2D eigenvalue weighted by Crippen LogP contribution is 2.29. The van der Waals surface area contributed by atoms with E-state index in [9.17, 15) is 23.9 Å². The standard InChI is InChI=1S/C19H14FN3O4/c1-22-14-7-6-10(9-20)8-12(14)15(16(22)18(25)26)23-17(24)11-4-2-3-5-13(11)21-19(23)27/h2-8H,9H2,1H3,(H,21,27)(H,25,26). The van der Waals surface area contributed by atoms with Crippen molar-refractivity contribution in [2.24, 2.45) is 7.05 Å². The average Bonchev–Trinajstić information content (AvgIpc) is 2.94. The van der Waals surface area contributed by atoms with E-state index in [0.717, 1.165) is 4.57 Å². The van der Waals surface area contributed by atoms with Crippen molar-refractivity contribution in [2.75, 3.05) is 0 Å². The van der Waals surface area contributed by atoms with Crippen LogP contribution in [0.5, 0.6) is 0 Å². The van der Waals surface area contributed by atoms with Gasteiger partial charge in [-0.25, -0.2) is 18.5 Å². The predicted octanol–water partition coefficient (Wildman–Crippen LogP) is 2.34. The van der Waals surface area contributed by atoms with Gasteiger partial charge in [0.1, 0.15) is 6.67 Å². The van der Waals surface area contributed by atoms with Crippen molar-refractivity contribution < 1.29 is 14.3 Å². The van der Waals surface area contributed by atoms with Gasteiger partial charge in [-0.3, -0.25) is 4.79 Å². The minimum atomic E-state index is -1.30. The van der Waals surface area contributed by atoms with Gasteiger partial charge in [-0.2, -0.15) is 0 Å². The first-order chi connectivity index (χ1) is 12.9. The zero-order valence-corrected chi connectivity index (χ0v) is 14.2. The maximum absolute atomic E-state index is 13.2. The van der Waals surface area contributed by atoms with E-state index in [4.69, 9.17) is 0 Å². The van der Waals surface area contributed by atoms with Crippen molar-refractivity contribution in [3.63, 3.8) is 0 Å². The number of carboxylic acids is 1. The molecule has 8 heteroatoms. The maximum atomic E-state index is 13.2. The summed E-state index contributed by atoms with van der Waals surface area (Å²) in [5.41, 5.74) is -0.577. The summed E-state index contributed by atoms with van der Waals surface area (Å²) in [6.07, 6.45) is 0. The molecule has 4 rings (SSSR count). The number of H-pyrrole nitrogens is 1. The number of aromatic amines is 1. The van der Waals surface area contributed by atoms with Gasteiger partial charge in [0.2, 0.25) is 0 Å². The van der Waals surface area contributed by atoms with E-state index in [-0.39, 0.29) is 16.8 Å². The fourth-order valence-corrected chi connectivity index (χ4v) is 3.39. The number of carbonyl (C=O) groups is 1. The molecule has 2 aromatic heterocycles. The number of carboxylic acid groups (broad SMARTS) is 1. The summed E-state index contributed by atoms with van der Waals surface area (Å²) < 4.78 is 15.3. The molecule has 0 spiro atoms. The molecule has 0 saturated heterocycles. The molecule has 0 aliphatic heterocycles. The maximum Gasteiger partial charge on any atom is 0.354 e. The number of rotatable bonds is 3. The van der Waals surface area contributed by atoms with Gasteiger partial charge >= 0.3 is 11.7 Å². The lowest BCUT2D eigenvalue weighted by Crippen LogP contribution is -2.34. The Balaban J connectivity index is 2.24. The van der Waals surface area contributed by atoms with Gasteiger partial charge in [0.05, 0.1) is 22.1 Å². The van der Waals surface area contributed by atoms with Crippen LogP contribution in [0.4, 0.5) is 4.39 Å². The van der Waals surface area contributed by atoms with Crippen molar-refractivity contribution in [2.45, 2.75) is 6.67 Å². The summed E-state index contributed by atoms with van der Waals surface area (Å²) in [7, 11) is 1.52. The molecule has 0 aliphatic carbocycles. The van der Waals surface area contributed by atoms with Crippen LogP contribution >= 0.6 is 0 Å². The topological polar surface area (TPSA) is 97.1 Å². The quantitative estimate of drug-likeness (QED) is 0.581. The zero-order valence-electron chi connectivity index (χ0n) is 14.2. The number of alkyl halides is 1. The second-order valence-corrected chi connectivity index (χ2v) is 6.16. The van der Waals surface area contributed by atoms with Crippen LogP contribution in [0.1, 0.15) is 16.1 Å². The summed E-state index contributed by atoms with van der Waals surface area (Å²) in [5.74, 6) is -1.30. The van der Waals surface area contributed by atoms with Crippen LogP contribution in [0.15, 0.2) is 52.1 Å². The first kappa shape index (κ1) is 16.8. The van der Waals surface area contributed by atoms with E-state index in [2.05, 4.69) is 4.98 Å². The highest BCUT2D eigenvalue weighted by molar-refractivity contribution is 6.03. The molecule has 2 N–H and O–H groups in total. The predicted molar refractivity (Wildman–Crippen MR) is 98.4 cm³/mol. The van der Waals surface area contributed by atoms with Crippen LogP contribution in [0.2, 0.25) is 0 Å². The number of aryl methyl sites for hydroxylation is 1. The fraction of sp³-hybridized carbons (Fsp3) is 0.105. The van der Waals surface area contributed by atoms with E-state index in [1.165, 1.54) is 23.7 Å². The molecule has 0 atom stereocenters. The van der Waals surface area contributed by atoms with E-state index < -0.39 is 23.9 Å². The average molecular weight is 367 g/mol. The fourth-order valence-electron chi connectivity index (χ4n) is 3.39. The lowest BCUT2D eigenvalue weighted by molar-refractivity contribution is 0.0687. The number of hydrogen-bond acceptors (Lipinski definition) is 3. The first-order valence-corrected chi connectivity index (χ1v) is 8.09. The molecule has 0 fully saturated rings. The zero-order chi connectivity index (χ0) is 19.3. The van der Waals surface area contributed by atoms with Gasteiger partial charge in [-0.05, 0) is 29.8 Å². The van der Waals surface area contributed by atoms with Crippen molar-refractivity contribution in [3.05, 3.63) is 74.6 Å². The lowest BCUT2D eigenvalue weighted by atomic mass is 10.1. The van der Waals surface area contributed by atoms with Gasteiger partial charge in [0, 0.05) is 12.4 Å². The Morgan fingerprint density at radius 2 is 1.89 bits per heavy atom. The molecule has 0 saturated carbocycles. The Kier molecular flexibility index (Phi) is 3.69. The third kappa shape index (κ3) is 2.37. The van der Waals surface area contributed by atoms with Crippen LogP contribution in [0.25, 0.3) is 27.5 Å². The largest absolute Gasteiger partial charge is 0.477 e. The molecular formula is C19H14FN3O4. The Morgan fingerprint density at radius 3 is 2.59 bits per heavy atom. The van der Waals surface area contributed by atoms with Crippen LogP contribution < -0.4 is 11.2 Å². The van der Waals surface area contributed by atoms with E-state index in [0.29, 0.717) is 22.0 Å². The minimum Gasteiger partial charge on any atom is -0.477 e. The summed E-state index contributed by atoms with van der Waals surface area (Å²) in [6, 6.07) is 11.0. The third-order valence-electron chi connectivity index (χ3n) is 4.62. The molecule has 27 heavy (non-hydrogen) atoms. The molecule has 0 aliphatic rings. The number of nitrogens with one attached hydrogen (secondary N) is 1. The molecule has 0 radical (unpaired) electrons. The van der Waals surface area contributed by atoms with Crippen LogP contribution in [0.3, 0.4) is 0 Å². The first-order valence-electron chi connectivity index (χ1n) is 8.09. The third-order valence-corrected chi connectivity index (χ3v) is 4.62. The van der Waals surface area contributed by atoms with Crippen LogP contribution in [-0.4, -0.2) is 25.2 Å². The molecule has 4 aromatic rings. The van der Waals surface area contributed by atoms with Gasteiger partial charge in [0.25, 0.3) is 5.56 Å². The Hall–Kier alpha value is -3.68. The Labute approximate surface area is 150 Å². The monoisotopic (exact) mass is 367 g/mol. The number of hydrogen-bond donors (Lipinski definition) is 2. The van der Waals surface area contributed by atoms with Crippen molar-refractivity contribution >= 4 is 27.8 Å². The summed E-state index contributed by atoms with van der Waals surface area (Å²) >= 11 is 0.